The zero-order valence-corrected chi connectivity index (χ0v) is 15.3. The molecule has 128 valence electrons. The Morgan fingerprint density at radius 3 is 2.79 bits per heavy atom. The van der Waals surface area contributed by atoms with Crippen LogP contribution in [0.4, 0.5) is 0 Å². The Morgan fingerprint density at radius 1 is 1.38 bits per heavy atom. The number of halogens is 1. The van der Waals surface area contributed by atoms with Gasteiger partial charge in [0, 0.05) is 25.2 Å². The largest absolute Gasteiger partial charge is 0.489 e. The molecule has 0 amide bonds. The van der Waals surface area contributed by atoms with Crippen LogP contribution in [0.3, 0.4) is 0 Å². The van der Waals surface area contributed by atoms with Gasteiger partial charge < -0.3 is 4.74 Å². The van der Waals surface area contributed by atoms with Gasteiger partial charge in [0.05, 0.1) is 21.7 Å². The zero-order valence-electron chi connectivity index (χ0n) is 13.7. The maximum Gasteiger partial charge on any atom is 0.243 e. The van der Waals surface area contributed by atoms with E-state index in [-0.39, 0.29) is 11.0 Å². The summed E-state index contributed by atoms with van der Waals surface area (Å²) < 4.78 is 32.9. The number of ether oxygens (including phenoxy) is 1. The van der Waals surface area contributed by atoms with Crippen molar-refractivity contribution in [1.82, 2.24) is 9.29 Å². The smallest absolute Gasteiger partial charge is 0.243 e. The molecule has 0 radical (unpaired) electrons. The lowest BCUT2D eigenvalue weighted by molar-refractivity contribution is 0.255. The number of hydrogen-bond donors (Lipinski definition) is 0. The molecule has 24 heavy (non-hydrogen) atoms. The topological polar surface area (TPSA) is 59.5 Å². The van der Waals surface area contributed by atoms with Crippen LogP contribution in [-0.2, 0) is 16.4 Å². The number of rotatable bonds is 4. The summed E-state index contributed by atoms with van der Waals surface area (Å²) in [5.41, 5.74) is 1.51. The molecule has 2 aromatic rings. The molecule has 5 nitrogen and oxygen atoms in total. The minimum atomic E-state index is -3.69. The zero-order chi connectivity index (χ0) is 17.5. The fourth-order valence-electron chi connectivity index (χ4n) is 2.79. The van der Waals surface area contributed by atoms with Gasteiger partial charge in [0.2, 0.25) is 10.0 Å². The highest BCUT2D eigenvalue weighted by Crippen LogP contribution is 2.39. The lowest BCUT2D eigenvalue weighted by Crippen LogP contribution is -2.30. The fourth-order valence-corrected chi connectivity index (χ4v) is 4.55. The highest BCUT2D eigenvalue weighted by molar-refractivity contribution is 7.89. The van der Waals surface area contributed by atoms with Crippen LogP contribution in [0.5, 0.6) is 5.75 Å². The highest BCUT2D eigenvalue weighted by Gasteiger charge is 2.30. The molecule has 2 unspecified atom stereocenters. The first kappa shape index (κ1) is 17.2. The number of sulfonamides is 1. The lowest BCUT2D eigenvalue weighted by Gasteiger charge is -2.24. The predicted molar refractivity (Wildman–Crippen MR) is 92.8 cm³/mol. The molecule has 0 aliphatic carbocycles. The summed E-state index contributed by atoms with van der Waals surface area (Å²) >= 11 is 6.23. The van der Waals surface area contributed by atoms with Crippen LogP contribution in [0.1, 0.15) is 31.1 Å². The monoisotopic (exact) mass is 366 g/mol. The Hall–Kier alpha value is -1.63. The van der Waals surface area contributed by atoms with E-state index < -0.39 is 16.1 Å². The van der Waals surface area contributed by atoms with Crippen molar-refractivity contribution in [3.05, 3.63) is 52.8 Å². The van der Waals surface area contributed by atoms with Crippen molar-refractivity contribution in [3.63, 3.8) is 0 Å². The summed E-state index contributed by atoms with van der Waals surface area (Å²) in [5.74, 6) is 0.587. The Kier molecular flexibility index (Phi) is 4.55. The number of nitrogens with zero attached hydrogens (tertiary/aromatic N) is 2. The quantitative estimate of drug-likeness (QED) is 0.831. The molecular weight excluding hydrogens is 348 g/mol. The first-order valence-electron chi connectivity index (χ1n) is 7.68. The van der Waals surface area contributed by atoms with Gasteiger partial charge in [-0.05, 0) is 38.1 Å². The van der Waals surface area contributed by atoms with E-state index in [1.807, 2.05) is 19.1 Å². The number of fused-ring (bicyclic) bond motifs is 1. The van der Waals surface area contributed by atoms with E-state index in [2.05, 4.69) is 4.98 Å². The van der Waals surface area contributed by atoms with E-state index >= 15 is 0 Å². The van der Waals surface area contributed by atoms with Crippen molar-refractivity contribution in [3.8, 4) is 5.75 Å². The molecule has 3 rings (SSSR count). The third-order valence-electron chi connectivity index (χ3n) is 4.26. The van der Waals surface area contributed by atoms with Crippen LogP contribution in [-0.4, -0.2) is 30.9 Å². The summed E-state index contributed by atoms with van der Waals surface area (Å²) in [5, 5.41) is 0.328. The van der Waals surface area contributed by atoms with Gasteiger partial charge in [-0.3, -0.25) is 4.98 Å². The van der Waals surface area contributed by atoms with Crippen molar-refractivity contribution in [2.24, 2.45) is 0 Å². The van der Waals surface area contributed by atoms with Crippen LogP contribution in [0.25, 0.3) is 0 Å². The lowest BCUT2D eigenvalue weighted by atomic mass is 10.1. The van der Waals surface area contributed by atoms with Crippen molar-refractivity contribution in [2.45, 2.75) is 37.3 Å². The minimum Gasteiger partial charge on any atom is -0.489 e. The maximum atomic E-state index is 13.0. The van der Waals surface area contributed by atoms with Gasteiger partial charge in [-0.25, -0.2) is 8.42 Å². The van der Waals surface area contributed by atoms with Crippen molar-refractivity contribution < 1.29 is 13.2 Å². The van der Waals surface area contributed by atoms with E-state index in [4.69, 9.17) is 16.3 Å². The summed E-state index contributed by atoms with van der Waals surface area (Å²) in [4.78, 5) is 4.42. The molecule has 2 atom stereocenters. The molecule has 0 saturated heterocycles. The molecule has 1 aromatic heterocycles. The Bertz CT molecular complexity index is 856. The first-order valence-corrected chi connectivity index (χ1v) is 9.50. The molecule has 0 saturated carbocycles. The van der Waals surface area contributed by atoms with E-state index in [9.17, 15) is 8.42 Å². The van der Waals surface area contributed by atoms with E-state index in [1.165, 1.54) is 10.4 Å². The molecule has 2 heterocycles. The van der Waals surface area contributed by atoms with Crippen LogP contribution in [0.2, 0.25) is 5.02 Å². The average molecular weight is 367 g/mol. The fraction of sp³-hybridized carbons (Fsp3) is 0.353. The Morgan fingerprint density at radius 2 is 2.12 bits per heavy atom. The second-order valence-electron chi connectivity index (χ2n) is 5.98. The van der Waals surface area contributed by atoms with E-state index in [1.54, 1.807) is 32.3 Å². The molecule has 1 aliphatic heterocycles. The number of benzene rings is 1. The summed E-state index contributed by atoms with van der Waals surface area (Å²) in [6, 6.07) is 8.16. The van der Waals surface area contributed by atoms with Gasteiger partial charge >= 0.3 is 0 Å². The Balaban J connectivity index is 1.96. The Labute approximate surface area is 147 Å². The molecule has 1 aromatic carbocycles. The standard InChI is InChI=1S/C17H19ClN2O3S/c1-11-8-13-9-14(10-15(18)17(13)23-11)24(21,22)20(3)12(2)16-6-4-5-7-19-16/h4-7,9-12H,8H2,1-3H3. The summed E-state index contributed by atoms with van der Waals surface area (Å²) in [6.07, 6.45) is 2.30. The van der Waals surface area contributed by atoms with Gasteiger partial charge in [0.1, 0.15) is 11.9 Å². The van der Waals surface area contributed by atoms with E-state index in [0.717, 1.165) is 5.56 Å². The van der Waals surface area contributed by atoms with E-state index in [0.29, 0.717) is 22.9 Å². The van der Waals surface area contributed by atoms with Crippen molar-refractivity contribution >= 4 is 21.6 Å². The molecule has 0 fully saturated rings. The molecule has 7 heteroatoms. The molecule has 0 bridgehead atoms. The van der Waals surface area contributed by atoms with Crippen LogP contribution >= 0.6 is 11.6 Å². The van der Waals surface area contributed by atoms with Gasteiger partial charge in [-0.2, -0.15) is 4.31 Å². The van der Waals surface area contributed by atoms with Crippen LogP contribution < -0.4 is 4.74 Å². The van der Waals surface area contributed by atoms with Gasteiger partial charge in [0.15, 0.2) is 0 Å². The molecule has 0 spiro atoms. The van der Waals surface area contributed by atoms with Crippen molar-refractivity contribution in [2.75, 3.05) is 7.05 Å². The SMILES string of the molecule is CC1Cc2cc(S(=O)(=O)N(C)C(C)c3ccccn3)cc(Cl)c2O1. The second kappa shape index (κ2) is 6.35. The first-order chi connectivity index (χ1) is 11.3. The average Bonchev–Trinajstić information content (AvgIpc) is 2.95. The number of pyridine rings is 1. The predicted octanol–water partition coefficient (Wildman–Crippen LogP) is 3.44. The van der Waals surface area contributed by atoms with Gasteiger partial charge in [-0.15, -0.1) is 0 Å². The van der Waals surface area contributed by atoms with Gasteiger partial charge in [-0.1, -0.05) is 17.7 Å². The normalized spacial score (nSPS) is 18.3. The number of aromatic nitrogens is 1. The maximum absolute atomic E-state index is 13.0. The molecular formula is C17H19ClN2O3S. The third-order valence-corrected chi connectivity index (χ3v) is 6.45. The highest BCUT2D eigenvalue weighted by atomic mass is 35.5. The molecule has 1 aliphatic rings. The third kappa shape index (κ3) is 3.01. The second-order valence-corrected chi connectivity index (χ2v) is 8.38. The molecule has 0 N–H and O–H groups in total. The van der Waals surface area contributed by atoms with Crippen LogP contribution in [0, 0.1) is 0 Å². The minimum absolute atomic E-state index is 0.000580. The van der Waals surface area contributed by atoms with Crippen molar-refractivity contribution in [1.29, 1.82) is 0 Å². The number of hydrogen-bond acceptors (Lipinski definition) is 4. The van der Waals surface area contributed by atoms with Crippen LogP contribution in [0.15, 0.2) is 41.4 Å². The van der Waals surface area contributed by atoms with Gasteiger partial charge in [0.25, 0.3) is 0 Å². The summed E-state index contributed by atoms with van der Waals surface area (Å²) in [6.45, 7) is 3.74. The summed E-state index contributed by atoms with van der Waals surface area (Å²) in [7, 11) is -2.14.